The van der Waals surface area contributed by atoms with Gasteiger partial charge in [-0.15, -0.1) is 39.5 Å². The molecular weight excluding hydrogens is 1300 g/mol. The molecule has 54 heteroatoms. The van der Waals surface area contributed by atoms with E-state index in [1.54, 1.807) is 0 Å². The van der Waals surface area contributed by atoms with Crippen LogP contribution in [0.1, 0.15) is 0 Å². The molecule has 0 bridgehead atoms. The molecule has 0 heterocycles. The van der Waals surface area contributed by atoms with Crippen LogP contribution in [0.5, 0.6) is 0 Å². The van der Waals surface area contributed by atoms with Crippen molar-refractivity contribution >= 4 is 8.80 Å². The summed E-state index contributed by atoms with van der Waals surface area (Å²) in [6.45, 7) is 0. The third kappa shape index (κ3) is 9.55. The molecule has 0 aromatic heterocycles. The van der Waals surface area contributed by atoms with Gasteiger partial charge in [-0.2, -0.15) is 180 Å². The lowest BCUT2D eigenvalue weighted by Crippen LogP contribution is -2.81. The molecule has 77 heavy (non-hydrogen) atoms. The Hall–Kier alpha value is -3.40. The molecule has 0 radical (unpaired) electrons. The number of halogens is 50. The van der Waals surface area contributed by atoms with Crippen LogP contribution in [0.2, 0.25) is 0 Å². The van der Waals surface area contributed by atoms with Crippen LogP contribution in [-0.2, 0) is 13.3 Å². The quantitative estimate of drug-likeness (QED) is 0.0799. The SMILES string of the molecule is FC(F)(F)O[Si](OC(F)(F)F)(OC(F)(F)F)C(F)(F)C(F)(F)C(F)(F)C(F)(F)C(F)(F)C(F)(F)C(F)(F)C(F)(F)C(F)(F)C(F)(F)C(F)(F)C(F)(F)C(F)(F)C(F)(F)C(F)(F)C(F)(F)C(F)(F)C(F)(F)C(F)(F)C(F)(F)F. The van der Waals surface area contributed by atoms with Crippen LogP contribution in [0.3, 0.4) is 0 Å². The van der Waals surface area contributed by atoms with Crippen LogP contribution < -0.4 is 0 Å². The molecule has 0 atom stereocenters. The maximum atomic E-state index is 14.5. The van der Waals surface area contributed by atoms with Crippen molar-refractivity contribution in [2.75, 3.05) is 0 Å². The first-order valence-electron chi connectivity index (χ1n) is 15.7. The van der Waals surface area contributed by atoms with Crippen molar-refractivity contribution in [1.82, 2.24) is 0 Å². The molecule has 3 nitrogen and oxygen atoms in total. The predicted octanol–water partition coefficient (Wildman–Crippen LogP) is 15.7. The lowest BCUT2D eigenvalue weighted by Gasteiger charge is -2.47. The van der Waals surface area contributed by atoms with Gasteiger partial charge in [-0.1, -0.05) is 0 Å². The molecule has 0 saturated heterocycles. The van der Waals surface area contributed by atoms with Gasteiger partial charge >= 0.3 is 146 Å². The summed E-state index contributed by atoms with van der Waals surface area (Å²) in [5, 5.41) is 0. The van der Waals surface area contributed by atoms with E-state index >= 15 is 0 Å². The van der Waals surface area contributed by atoms with Gasteiger partial charge in [-0.3, -0.25) is 13.3 Å². The second-order valence-corrected chi connectivity index (χ2v) is 16.0. The number of hydrogen-bond donors (Lipinski definition) is 0. The lowest BCUT2D eigenvalue weighted by molar-refractivity contribution is -0.495. The molecule has 0 aromatic rings. The highest BCUT2D eigenvalue weighted by molar-refractivity contribution is 6.64. The summed E-state index contributed by atoms with van der Waals surface area (Å²) in [7, 11) is -11.2. The molecule has 0 aliphatic carbocycles. The fraction of sp³-hybridized carbons (Fsp3) is 1.00. The fourth-order valence-corrected chi connectivity index (χ4v) is 6.40. The molecule has 0 aliphatic heterocycles. The summed E-state index contributed by atoms with van der Waals surface area (Å²) < 4.78 is 684. The van der Waals surface area contributed by atoms with Gasteiger partial charge in [-0.05, 0) is 0 Å². The van der Waals surface area contributed by atoms with Gasteiger partial charge in [-0.25, -0.2) is 0 Å². The molecule has 0 fully saturated rings. The van der Waals surface area contributed by atoms with Crippen LogP contribution in [0.4, 0.5) is 220 Å². The van der Waals surface area contributed by atoms with Crippen molar-refractivity contribution < 1.29 is 233 Å². The first kappa shape index (κ1) is 73.6. The Balaban J connectivity index is 8.35. The van der Waals surface area contributed by atoms with Gasteiger partial charge < -0.3 is 0 Å². The molecule has 464 valence electrons. The van der Waals surface area contributed by atoms with Gasteiger partial charge in [0.15, 0.2) is 0 Å². The van der Waals surface area contributed by atoms with Crippen LogP contribution >= 0.6 is 0 Å². The van der Waals surface area contributed by atoms with Gasteiger partial charge in [0, 0.05) is 0 Å². The fourth-order valence-electron chi connectivity index (χ4n) is 4.43. The molecule has 0 rings (SSSR count). The van der Waals surface area contributed by atoms with Crippen molar-refractivity contribution in [3.8, 4) is 0 Å². The summed E-state index contributed by atoms with van der Waals surface area (Å²) in [6, 6.07) is 0. The molecule has 0 aromatic carbocycles. The largest absolute Gasteiger partial charge is 0.601 e. The van der Waals surface area contributed by atoms with Crippen molar-refractivity contribution in [2.45, 2.75) is 137 Å². The molecule has 0 unspecified atom stereocenters. The smallest absolute Gasteiger partial charge is 0.280 e. The van der Waals surface area contributed by atoms with Crippen molar-refractivity contribution in [3.63, 3.8) is 0 Å². The average Bonchev–Trinajstić information content (AvgIpc) is 3.13. The zero-order chi connectivity index (χ0) is 64.1. The van der Waals surface area contributed by atoms with Gasteiger partial charge in [0.25, 0.3) is 0 Å². The van der Waals surface area contributed by atoms with Crippen molar-refractivity contribution in [3.05, 3.63) is 0 Å². The molecular formula is C23F50O3Si. The monoisotopic (exact) mass is 1300 g/mol. The van der Waals surface area contributed by atoms with E-state index in [2.05, 4.69) is 0 Å². The zero-order valence-corrected chi connectivity index (χ0v) is 33.1. The lowest BCUT2D eigenvalue weighted by atomic mass is 9.82. The van der Waals surface area contributed by atoms with Gasteiger partial charge in [0.2, 0.25) is 0 Å². The second-order valence-electron chi connectivity index (χ2n) is 13.6. The summed E-state index contributed by atoms with van der Waals surface area (Å²) in [4.78, 5) is 0. The van der Waals surface area contributed by atoms with Crippen LogP contribution in [0.25, 0.3) is 0 Å². The minimum absolute atomic E-state index is 1.07. The first-order chi connectivity index (χ1) is 32.1. The molecule has 0 N–H and O–H groups in total. The standard InChI is InChI=1S/C23F50O3Si/c24-1(25,3(28,29)5(32,33)7(36,37)9(40,41)11(44,45)13(48,49)15(52,53)17(56,57)19(60,61)62)2(26,27)4(30,31)6(34,35)8(38,39)10(42,43)12(46,47)14(50,51)16(54,55)18(58,59)20(63,64)77(74-21(65,66)67,75-22(68,69)70)76-23(71,72)73. The van der Waals surface area contributed by atoms with Gasteiger partial charge in [0.1, 0.15) is 0 Å². The maximum Gasteiger partial charge on any atom is 0.601 e. The topological polar surface area (TPSA) is 27.7 Å². The van der Waals surface area contributed by atoms with Crippen LogP contribution in [-0.4, -0.2) is 146 Å². The van der Waals surface area contributed by atoms with Crippen LogP contribution in [0.15, 0.2) is 0 Å². The maximum absolute atomic E-state index is 14.5. The number of rotatable bonds is 22. The Morgan fingerprint density at radius 3 is 0.351 bits per heavy atom. The van der Waals surface area contributed by atoms with Crippen molar-refractivity contribution in [1.29, 1.82) is 0 Å². The normalized spacial score (nSPS) is 17.4. The minimum Gasteiger partial charge on any atom is -0.280 e. The summed E-state index contributed by atoms with van der Waals surface area (Å²) in [5.41, 5.74) is -9.89. The Morgan fingerprint density at radius 2 is 0.247 bits per heavy atom. The van der Waals surface area contributed by atoms with E-state index < -0.39 is 146 Å². The highest BCUT2D eigenvalue weighted by Crippen LogP contribution is 2.72. The average molecular weight is 1300 g/mol. The summed E-state index contributed by atoms with van der Waals surface area (Å²) in [5.74, 6) is -190. The highest BCUT2D eigenvalue weighted by Gasteiger charge is 3.04. The van der Waals surface area contributed by atoms with E-state index in [0.717, 1.165) is 13.3 Å². The second kappa shape index (κ2) is 18.0. The Bertz CT molecular complexity index is 2050. The Kier molecular flexibility index (Phi) is 17.2. The van der Waals surface area contributed by atoms with Crippen molar-refractivity contribution in [2.24, 2.45) is 0 Å². The Morgan fingerprint density at radius 1 is 0.143 bits per heavy atom. The minimum atomic E-state index is -11.2. The van der Waals surface area contributed by atoms with E-state index in [1.807, 2.05) is 0 Å². The highest BCUT2D eigenvalue weighted by atomic mass is 28.4. The zero-order valence-electron chi connectivity index (χ0n) is 32.1. The first-order valence-corrected chi connectivity index (χ1v) is 17.4. The molecule has 0 amide bonds. The van der Waals surface area contributed by atoms with E-state index in [0.29, 0.717) is 0 Å². The van der Waals surface area contributed by atoms with E-state index in [-0.39, 0.29) is 0 Å². The van der Waals surface area contributed by atoms with E-state index in [9.17, 15) is 220 Å². The van der Waals surface area contributed by atoms with E-state index in [4.69, 9.17) is 0 Å². The van der Waals surface area contributed by atoms with Crippen LogP contribution in [0, 0.1) is 0 Å². The molecule has 0 spiro atoms. The van der Waals surface area contributed by atoms with Gasteiger partial charge in [0.05, 0.1) is 0 Å². The number of hydrogen-bond acceptors (Lipinski definition) is 3. The number of alkyl halides is 50. The molecule has 0 aliphatic rings. The summed E-state index contributed by atoms with van der Waals surface area (Å²) in [6.07, 6.45) is -33.1. The summed E-state index contributed by atoms with van der Waals surface area (Å²) >= 11 is 0. The third-order valence-electron chi connectivity index (χ3n) is 8.59. The molecule has 0 saturated carbocycles. The predicted molar refractivity (Wildman–Crippen MR) is 127 cm³/mol. The Labute approximate surface area is 380 Å². The van der Waals surface area contributed by atoms with E-state index in [1.165, 1.54) is 0 Å². The third-order valence-corrected chi connectivity index (χ3v) is 11.2.